The van der Waals surface area contributed by atoms with Crippen LogP contribution in [0, 0.1) is 17.5 Å². The van der Waals surface area contributed by atoms with Gasteiger partial charge in [0.05, 0.1) is 18.4 Å². The van der Waals surface area contributed by atoms with Crippen LogP contribution < -0.4 is 0 Å². The Labute approximate surface area is 236 Å². The van der Waals surface area contributed by atoms with Crippen LogP contribution >= 0.6 is 11.8 Å². The van der Waals surface area contributed by atoms with E-state index in [2.05, 4.69) is 10.3 Å². The summed E-state index contributed by atoms with van der Waals surface area (Å²) in [7, 11) is 4.18. The Hall–Kier alpha value is -2.37. The molecule has 0 spiro atoms. The molecule has 1 aromatic heterocycles. The van der Waals surface area contributed by atoms with E-state index in [1.807, 2.05) is 0 Å². The van der Waals surface area contributed by atoms with Crippen molar-refractivity contribution >= 4 is 17.7 Å². The van der Waals surface area contributed by atoms with Crippen molar-refractivity contribution in [2.75, 3.05) is 27.8 Å². The Morgan fingerprint density at radius 1 is 1.22 bits per heavy atom. The minimum absolute atomic E-state index is 0.0702. The van der Waals surface area contributed by atoms with Crippen LogP contribution in [0.2, 0.25) is 0 Å². The maximum atomic E-state index is 13.9. The molecule has 1 aromatic carbocycles. The van der Waals surface area contributed by atoms with Gasteiger partial charge in [-0.25, -0.2) is 26.6 Å². The van der Waals surface area contributed by atoms with Crippen LogP contribution in [0.1, 0.15) is 31.7 Å². The molecule has 6 atom stereocenters. The maximum absolute atomic E-state index is 13.9. The Morgan fingerprint density at radius 2 is 1.83 bits per heavy atom. The van der Waals surface area contributed by atoms with E-state index in [1.54, 1.807) is 0 Å². The van der Waals surface area contributed by atoms with Crippen LogP contribution in [0.5, 0.6) is 0 Å². The Balaban J connectivity index is 1.68. The van der Waals surface area contributed by atoms with Crippen molar-refractivity contribution in [3.63, 3.8) is 0 Å². The van der Waals surface area contributed by atoms with Crippen molar-refractivity contribution in [1.29, 1.82) is 0 Å². The highest BCUT2D eigenvalue weighted by atomic mass is 32.2. The largest absolute Gasteiger partial charge is 0.394 e. The van der Waals surface area contributed by atoms with Gasteiger partial charge in [-0.2, -0.15) is 0 Å². The maximum Gasteiger partial charge on any atom is 0.248 e. The van der Waals surface area contributed by atoms with Gasteiger partial charge in [-0.05, 0) is 25.0 Å². The molecule has 228 valence electrons. The van der Waals surface area contributed by atoms with Crippen LogP contribution in [0.3, 0.4) is 0 Å². The van der Waals surface area contributed by atoms with Crippen molar-refractivity contribution in [3.05, 3.63) is 35.8 Å². The number of methoxy groups -OCH3 is 1. The van der Waals surface area contributed by atoms with Crippen LogP contribution in [-0.4, -0.2) is 109 Å². The van der Waals surface area contributed by atoms with Gasteiger partial charge < -0.3 is 29.7 Å². The number of hydrogen-bond acceptors (Lipinski definition) is 9. The Kier molecular flexibility index (Phi) is 9.31. The van der Waals surface area contributed by atoms with E-state index in [9.17, 15) is 42.1 Å². The molecule has 4 rings (SSSR count). The average Bonchev–Trinajstić information content (AvgIpc) is 3.41. The summed E-state index contributed by atoms with van der Waals surface area (Å²) in [5.41, 5.74) is -3.16. The Morgan fingerprint density at radius 3 is 2.37 bits per heavy atom. The van der Waals surface area contributed by atoms with E-state index >= 15 is 0 Å². The van der Waals surface area contributed by atoms with E-state index in [1.165, 1.54) is 32.3 Å². The van der Waals surface area contributed by atoms with Crippen LogP contribution in [0.15, 0.2) is 18.3 Å². The van der Waals surface area contributed by atoms with Crippen molar-refractivity contribution < 1.29 is 51.5 Å². The zero-order valence-electron chi connectivity index (χ0n) is 22.4. The highest BCUT2D eigenvalue weighted by Gasteiger charge is 2.54. The zero-order chi connectivity index (χ0) is 30.3. The van der Waals surface area contributed by atoms with Crippen molar-refractivity contribution in [1.82, 2.24) is 19.9 Å². The highest BCUT2D eigenvalue weighted by molar-refractivity contribution is 8.01. The topological polar surface area (TPSA) is 130 Å². The van der Waals surface area contributed by atoms with Crippen LogP contribution in [-0.2, 0) is 14.3 Å². The molecule has 3 N–H and O–H groups in total. The van der Waals surface area contributed by atoms with Crippen molar-refractivity contribution in [3.8, 4) is 11.3 Å². The average molecular weight is 611 g/mol. The zero-order valence-corrected chi connectivity index (χ0v) is 23.2. The van der Waals surface area contributed by atoms with Crippen molar-refractivity contribution in [2.45, 2.75) is 72.2 Å². The van der Waals surface area contributed by atoms with Crippen LogP contribution in [0.4, 0.5) is 22.0 Å². The molecule has 16 heteroatoms. The number of thioether (sulfide) groups is 1. The number of aromatic nitrogens is 3. The van der Waals surface area contributed by atoms with E-state index in [0.717, 1.165) is 28.6 Å². The standard InChI is InChI=1S/C25H31F5N4O6S/c1-33(2)22(37)21(24(38)4-6-25(29,30)7-5-24)41-23-20(39-3)18(19(36)16(11-35)40-23)34-10-15(31-32-34)12-8-13(26)17(28)14(27)9-12/h8-10,16,18-21,23,35-36,38H,4-7,11H2,1-3H3/t16-,18+,19+,20-,21?,23+/m1/s1. The lowest BCUT2D eigenvalue weighted by atomic mass is 9.80. The first-order chi connectivity index (χ1) is 19.2. The highest BCUT2D eigenvalue weighted by Crippen LogP contribution is 2.47. The summed E-state index contributed by atoms with van der Waals surface area (Å²) in [6.07, 6.45) is -4.52. The van der Waals surface area contributed by atoms with E-state index in [-0.39, 0.29) is 24.1 Å². The number of benzene rings is 1. The number of halogens is 5. The van der Waals surface area contributed by atoms with Gasteiger partial charge in [0.1, 0.15) is 40.7 Å². The molecule has 2 aliphatic rings. The van der Waals surface area contributed by atoms with Gasteiger partial charge in [-0.3, -0.25) is 4.79 Å². The van der Waals surface area contributed by atoms with Gasteiger partial charge in [0.25, 0.3) is 0 Å². The molecule has 1 amide bonds. The second kappa shape index (κ2) is 12.1. The molecule has 41 heavy (non-hydrogen) atoms. The molecule has 0 bridgehead atoms. The fourth-order valence-corrected chi connectivity index (χ4v) is 6.79. The molecule has 2 aromatic rings. The predicted molar refractivity (Wildman–Crippen MR) is 135 cm³/mol. The molecule has 2 heterocycles. The van der Waals surface area contributed by atoms with E-state index in [0.29, 0.717) is 0 Å². The van der Waals surface area contributed by atoms with E-state index in [4.69, 9.17) is 9.47 Å². The first-order valence-electron chi connectivity index (χ1n) is 12.7. The molecular weight excluding hydrogens is 579 g/mol. The van der Waals surface area contributed by atoms with Gasteiger partial charge in [0.2, 0.25) is 11.8 Å². The van der Waals surface area contributed by atoms with E-state index < -0.39 is 89.4 Å². The third kappa shape index (κ3) is 6.37. The number of amides is 1. The third-order valence-electron chi connectivity index (χ3n) is 7.46. The van der Waals surface area contributed by atoms with Gasteiger partial charge in [-0.15, -0.1) is 16.9 Å². The minimum Gasteiger partial charge on any atom is -0.394 e. The molecule has 0 radical (unpaired) electrons. The minimum atomic E-state index is -2.97. The predicted octanol–water partition coefficient (Wildman–Crippen LogP) is 2.13. The first-order valence-corrected chi connectivity index (χ1v) is 13.7. The fourth-order valence-electron chi connectivity index (χ4n) is 5.08. The van der Waals surface area contributed by atoms with Crippen molar-refractivity contribution in [2.24, 2.45) is 0 Å². The lowest BCUT2D eigenvalue weighted by molar-refractivity contribution is -0.186. The summed E-state index contributed by atoms with van der Waals surface area (Å²) in [4.78, 5) is 14.4. The quantitative estimate of drug-likeness (QED) is 0.304. The number of aliphatic hydroxyl groups is 3. The SMILES string of the molecule is CO[C@@H]1[C@@H](n2cc(-c3cc(F)c(F)c(F)c3)nn2)[C@@H](O)[C@@H](CO)O[C@H]1SC(C(=O)N(C)C)C1(O)CCC(F)(F)CC1. The van der Waals surface area contributed by atoms with Gasteiger partial charge in [0.15, 0.2) is 17.5 Å². The number of ether oxygens (including phenoxy) is 2. The third-order valence-corrected chi connectivity index (χ3v) is 9.02. The van der Waals surface area contributed by atoms with Gasteiger partial charge in [0, 0.05) is 39.6 Å². The number of carbonyl (C=O) groups excluding carboxylic acids is 1. The number of alkyl halides is 2. The lowest BCUT2D eigenvalue weighted by Gasteiger charge is -2.47. The molecule has 2 fully saturated rings. The molecule has 1 saturated heterocycles. The summed E-state index contributed by atoms with van der Waals surface area (Å²) in [6, 6.07) is 0.310. The number of nitrogens with zero attached hydrogens (tertiary/aromatic N) is 4. The second-order valence-corrected chi connectivity index (χ2v) is 11.7. The summed E-state index contributed by atoms with van der Waals surface area (Å²) >= 11 is 0.811. The second-order valence-electron chi connectivity index (χ2n) is 10.5. The first kappa shape index (κ1) is 31.6. The summed E-state index contributed by atoms with van der Waals surface area (Å²) in [5.74, 6) is -8.08. The number of rotatable bonds is 8. The lowest BCUT2D eigenvalue weighted by Crippen LogP contribution is -2.58. The molecular formula is C25H31F5N4O6S. The normalized spacial score (nSPS) is 28.3. The summed E-state index contributed by atoms with van der Waals surface area (Å²) in [6.45, 7) is -0.677. The molecule has 1 saturated carbocycles. The smallest absolute Gasteiger partial charge is 0.248 e. The van der Waals surface area contributed by atoms with Crippen LogP contribution in [0.25, 0.3) is 11.3 Å². The Bertz CT molecular complexity index is 1220. The van der Waals surface area contributed by atoms with Gasteiger partial charge in [-0.1, -0.05) is 5.21 Å². The molecule has 10 nitrogen and oxygen atoms in total. The van der Waals surface area contributed by atoms with Gasteiger partial charge >= 0.3 is 0 Å². The number of aliphatic hydroxyl groups excluding tert-OH is 2. The number of carbonyl (C=O) groups is 1. The molecule has 1 aliphatic heterocycles. The summed E-state index contributed by atoms with van der Waals surface area (Å²) in [5, 5.41) is 39.0. The summed E-state index contributed by atoms with van der Waals surface area (Å²) < 4.78 is 81.6. The molecule has 1 unspecified atom stereocenters. The molecule has 1 aliphatic carbocycles. The monoisotopic (exact) mass is 610 g/mol. The fraction of sp³-hybridized carbons (Fsp3) is 0.640. The number of hydrogen-bond donors (Lipinski definition) is 3.